The minimum Gasteiger partial charge on any atom is -0.496 e. The number of amides is 2. The molecule has 2 amide bonds. The van der Waals surface area contributed by atoms with Crippen molar-refractivity contribution in [3.8, 4) is 11.5 Å². The maximum Gasteiger partial charge on any atom is 0.321 e. The first-order valence-corrected chi connectivity index (χ1v) is 18.4. The van der Waals surface area contributed by atoms with Crippen molar-refractivity contribution in [2.45, 2.75) is 76.3 Å². The lowest BCUT2D eigenvalue weighted by Gasteiger charge is -2.31. The van der Waals surface area contributed by atoms with Crippen molar-refractivity contribution >= 4 is 52.3 Å². The Kier molecular flexibility index (Phi) is 12.6. The maximum absolute atomic E-state index is 13.2. The van der Waals surface area contributed by atoms with Crippen LogP contribution in [0, 0.1) is 11.8 Å². The van der Waals surface area contributed by atoms with E-state index in [4.69, 9.17) is 31.1 Å². The van der Waals surface area contributed by atoms with Gasteiger partial charge in [-0.1, -0.05) is 19.9 Å². The van der Waals surface area contributed by atoms with Gasteiger partial charge < -0.3 is 41.6 Å². The summed E-state index contributed by atoms with van der Waals surface area (Å²) >= 11 is 1.27. The van der Waals surface area contributed by atoms with Gasteiger partial charge >= 0.3 is 5.97 Å². The second-order valence-electron chi connectivity index (χ2n) is 13.2. The number of nitrogens with zero attached hydrogens (tertiary/aromatic N) is 5. The minimum atomic E-state index is -1.08. The lowest BCUT2D eigenvalue weighted by atomic mass is 9.81. The molecule has 2 aromatic heterocycles. The molecule has 51 heavy (non-hydrogen) atoms. The highest BCUT2D eigenvalue weighted by Crippen LogP contribution is 2.36. The molecule has 2 fully saturated rings. The lowest BCUT2D eigenvalue weighted by molar-refractivity contribution is -0.138. The third kappa shape index (κ3) is 9.22. The predicted molar refractivity (Wildman–Crippen MR) is 196 cm³/mol. The molecule has 0 spiro atoms. The normalized spacial score (nSPS) is 19.7. The number of unbranched alkanes of at least 4 members (excludes halogenated alkanes) is 1. The summed E-state index contributed by atoms with van der Waals surface area (Å²) in [5.74, 6) is 1.18. The third-order valence-corrected chi connectivity index (χ3v) is 10.8. The van der Waals surface area contributed by atoms with E-state index in [9.17, 15) is 14.4 Å². The number of rotatable bonds is 17. The first kappa shape index (κ1) is 37.7. The maximum atomic E-state index is 13.2. The van der Waals surface area contributed by atoms with Crippen LogP contribution in [0.2, 0.25) is 0 Å². The van der Waals surface area contributed by atoms with E-state index >= 15 is 0 Å². The fraction of sp³-hybridized carbons (Fsp3) is 0.543. The fourth-order valence-corrected chi connectivity index (χ4v) is 7.77. The van der Waals surface area contributed by atoms with Crippen molar-refractivity contribution in [3.63, 3.8) is 0 Å². The number of nitrogens with one attached hydrogen (secondary N) is 2. The lowest BCUT2D eigenvalue weighted by Crippen LogP contribution is -2.37. The molecule has 1 unspecified atom stereocenters. The fourth-order valence-electron chi connectivity index (χ4n) is 6.60. The Morgan fingerprint density at radius 3 is 2.51 bits per heavy atom. The zero-order valence-corrected chi connectivity index (χ0v) is 30.3. The van der Waals surface area contributed by atoms with Gasteiger partial charge in [0, 0.05) is 43.4 Å². The molecule has 15 nitrogen and oxygen atoms in total. The van der Waals surface area contributed by atoms with Crippen molar-refractivity contribution in [3.05, 3.63) is 41.7 Å². The second-order valence-corrected chi connectivity index (χ2v) is 14.4. The van der Waals surface area contributed by atoms with Crippen LogP contribution in [0.1, 0.15) is 63.0 Å². The van der Waals surface area contributed by atoms with Crippen LogP contribution in [0.3, 0.4) is 0 Å². The Morgan fingerprint density at radius 2 is 1.86 bits per heavy atom. The number of thioether (sulfide) groups is 1. The summed E-state index contributed by atoms with van der Waals surface area (Å²) in [7, 11) is 3.19. The van der Waals surface area contributed by atoms with Gasteiger partial charge in [0.15, 0.2) is 11.3 Å². The van der Waals surface area contributed by atoms with Gasteiger partial charge in [0.2, 0.25) is 17.8 Å². The number of hydrogen-bond donors (Lipinski definition) is 5. The van der Waals surface area contributed by atoms with Crippen LogP contribution in [0.4, 0.5) is 11.8 Å². The van der Waals surface area contributed by atoms with Gasteiger partial charge in [0.1, 0.15) is 23.1 Å². The Labute approximate surface area is 301 Å². The minimum absolute atomic E-state index is 0.00434. The van der Waals surface area contributed by atoms with Crippen LogP contribution in [0.25, 0.3) is 11.0 Å². The van der Waals surface area contributed by atoms with E-state index in [-0.39, 0.29) is 40.6 Å². The number of likely N-dealkylation sites (tertiary alicyclic amines) is 1. The molecular weight excluding hydrogens is 675 g/mol. The highest BCUT2D eigenvalue weighted by molar-refractivity contribution is 8.00. The van der Waals surface area contributed by atoms with Crippen LogP contribution in [0.5, 0.6) is 11.5 Å². The smallest absolute Gasteiger partial charge is 0.321 e. The number of nitrogens with two attached hydrogens (primary N) is 2. The molecule has 1 saturated carbocycles. The van der Waals surface area contributed by atoms with E-state index in [0.717, 1.165) is 61.9 Å². The topological polar surface area (TPSA) is 213 Å². The van der Waals surface area contributed by atoms with E-state index in [1.807, 2.05) is 18.3 Å². The molecule has 2 aliphatic rings. The van der Waals surface area contributed by atoms with E-state index in [1.54, 1.807) is 23.8 Å². The van der Waals surface area contributed by atoms with Crippen LogP contribution in [0.15, 0.2) is 30.6 Å². The van der Waals surface area contributed by atoms with E-state index < -0.39 is 12.0 Å². The van der Waals surface area contributed by atoms with Crippen molar-refractivity contribution in [2.75, 3.05) is 44.1 Å². The van der Waals surface area contributed by atoms with Gasteiger partial charge in [-0.15, -0.1) is 11.8 Å². The SMILES string of the molecule is C=C1CC(SC[C@@H](N)C(=O)O)C(=O)N1CC1CCC(C(=O)NCc2cc(OC)c(Cn3cc4nc(N)nc(NCCCC)c4n3)c(OC)c2)CC1. The molecule has 2 atom stereocenters. The summed E-state index contributed by atoms with van der Waals surface area (Å²) in [5.41, 5.74) is 15.2. The zero-order chi connectivity index (χ0) is 36.7. The molecule has 3 aromatic rings. The zero-order valence-electron chi connectivity index (χ0n) is 29.5. The number of carboxylic acid groups (broad SMARTS) is 1. The van der Waals surface area contributed by atoms with Gasteiger partial charge in [-0.25, -0.2) is 4.98 Å². The van der Waals surface area contributed by atoms with Gasteiger partial charge in [0.05, 0.1) is 37.8 Å². The summed E-state index contributed by atoms with van der Waals surface area (Å²) < 4.78 is 13.3. The number of carboxylic acids is 1. The highest BCUT2D eigenvalue weighted by atomic mass is 32.2. The Hall–Kier alpha value is -4.57. The predicted octanol–water partition coefficient (Wildman–Crippen LogP) is 3.37. The summed E-state index contributed by atoms with van der Waals surface area (Å²) in [5, 5.41) is 19.8. The Balaban J connectivity index is 1.15. The van der Waals surface area contributed by atoms with Crippen LogP contribution >= 0.6 is 11.8 Å². The molecule has 276 valence electrons. The second kappa shape index (κ2) is 17.1. The molecule has 16 heteroatoms. The molecule has 0 radical (unpaired) electrons. The standard InChI is InChI=1S/C35H49N9O6S/c1-5-6-11-38-31-30-26(40-35(37)41-31)18-43(42-30)17-24-27(49-3)13-22(14-28(24)50-4)15-39-32(45)23-9-7-21(8-10-23)16-44-20(2)12-29(33(44)46)51-19-25(36)34(47)48/h13-14,18,21,23,25,29H,2,5-12,15-17,19,36H2,1,3-4H3,(H,39,45)(H,47,48)(H3,37,38,40,41)/t21?,23?,25-,29?/m1/s1. The molecule has 3 heterocycles. The number of benzene rings is 1. The number of aliphatic carboxylic acids is 1. The Bertz CT molecular complexity index is 1720. The van der Waals surface area contributed by atoms with Crippen molar-refractivity contribution in [2.24, 2.45) is 17.6 Å². The first-order chi connectivity index (χ1) is 24.5. The molecule has 1 aliphatic carbocycles. The molecule has 1 aliphatic heterocycles. The number of hydrogen-bond acceptors (Lipinski definition) is 12. The molecule has 1 saturated heterocycles. The Morgan fingerprint density at radius 1 is 1.16 bits per heavy atom. The monoisotopic (exact) mass is 723 g/mol. The summed E-state index contributed by atoms with van der Waals surface area (Å²) in [6.45, 7) is 8.18. The van der Waals surface area contributed by atoms with E-state index in [0.29, 0.717) is 54.4 Å². The molecule has 0 bridgehead atoms. The number of methoxy groups -OCH3 is 2. The van der Waals surface area contributed by atoms with Crippen LogP contribution < -0.4 is 31.6 Å². The van der Waals surface area contributed by atoms with Crippen molar-refractivity contribution in [1.29, 1.82) is 0 Å². The number of aromatic nitrogens is 4. The van der Waals surface area contributed by atoms with Gasteiger partial charge in [0.25, 0.3) is 0 Å². The average molecular weight is 724 g/mol. The molecule has 7 N–H and O–H groups in total. The average Bonchev–Trinajstić information content (AvgIpc) is 3.64. The van der Waals surface area contributed by atoms with E-state index in [2.05, 4.69) is 34.1 Å². The third-order valence-electron chi connectivity index (χ3n) is 9.50. The highest BCUT2D eigenvalue weighted by Gasteiger charge is 2.37. The first-order valence-electron chi connectivity index (χ1n) is 17.4. The van der Waals surface area contributed by atoms with Crippen LogP contribution in [-0.2, 0) is 27.5 Å². The summed E-state index contributed by atoms with van der Waals surface area (Å²) in [6.07, 6.45) is 7.45. The number of carbonyl (C=O) groups excluding carboxylic acids is 2. The van der Waals surface area contributed by atoms with Gasteiger partial charge in [-0.3, -0.25) is 19.1 Å². The number of ether oxygens (including phenoxy) is 2. The number of carbonyl (C=O) groups is 3. The largest absolute Gasteiger partial charge is 0.496 e. The molecule has 1 aromatic carbocycles. The number of nitrogen functional groups attached to an aromatic ring is 1. The number of fused-ring (bicyclic) bond motifs is 1. The summed E-state index contributed by atoms with van der Waals surface area (Å²) in [4.78, 5) is 47.8. The molecule has 5 rings (SSSR count). The number of allylic oxidation sites excluding steroid dienone is 1. The van der Waals surface area contributed by atoms with Crippen molar-refractivity contribution < 1.29 is 29.0 Å². The molecular formula is C35H49N9O6S. The number of anilines is 2. The van der Waals surface area contributed by atoms with Crippen molar-refractivity contribution in [1.82, 2.24) is 30.0 Å². The van der Waals surface area contributed by atoms with Gasteiger partial charge in [-0.2, -0.15) is 10.1 Å². The summed E-state index contributed by atoms with van der Waals surface area (Å²) in [6, 6.07) is 2.79. The van der Waals surface area contributed by atoms with E-state index in [1.165, 1.54) is 11.8 Å². The quantitative estimate of drug-likeness (QED) is 0.127. The van der Waals surface area contributed by atoms with Gasteiger partial charge in [-0.05, 0) is 55.7 Å². The van der Waals surface area contributed by atoms with Crippen LogP contribution in [-0.4, -0.2) is 91.9 Å².